The van der Waals surface area contributed by atoms with Crippen LogP contribution < -0.4 is 10.1 Å². The fourth-order valence-corrected chi connectivity index (χ4v) is 1.29. The highest BCUT2D eigenvalue weighted by Crippen LogP contribution is 2.29. The third kappa shape index (κ3) is 4.02. The van der Waals surface area contributed by atoms with Crippen molar-refractivity contribution >= 4 is 17.3 Å². The van der Waals surface area contributed by atoms with Gasteiger partial charge in [0.2, 0.25) is 5.91 Å². The second-order valence-electron chi connectivity index (χ2n) is 3.54. The van der Waals surface area contributed by atoms with Gasteiger partial charge in [-0.25, -0.2) is 0 Å². The monoisotopic (exact) mass is 254 g/mol. The van der Waals surface area contributed by atoms with Gasteiger partial charge in [-0.05, 0) is 6.07 Å². The molecule has 0 radical (unpaired) electrons. The molecule has 1 amide bonds. The van der Waals surface area contributed by atoms with Gasteiger partial charge in [-0.1, -0.05) is 0 Å². The van der Waals surface area contributed by atoms with Crippen LogP contribution in [0.4, 0.5) is 11.4 Å². The van der Waals surface area contributed by atoms with E-state index in [0.717, 1.165) is 0 Å². The zero-order valence-corrected chi connectivity index (χ0v) is 9.88. The van der Waals surface area contributed by atoms with Gasteiger partial charge in [-0.3, -0.25) is 14.9 Å². The van der Waals surface area contributed by atoms with Gasteiger partial charge in [0.1, 0.15) is 5.75 Å². The molecule has 0 saturated heterocycles. The maximum atomic E-state index is 11.0. The van der Waals surface area contributed by atoms with Crippen molar-refractivity contribution in [1.29, 1.82) is 0 Å². The number of anilines is 1. The first-order chi connectivity index (χ1) is 8.54. The summed E-state index contributed by atoms with van der Waals surface area (Å²) < 4.78 is 5.32. The van der Waals surface area contributed by atoms with Crippen LogP contribution in [-0.4, -0.2) is 29.2 Å². The molecule has 1 aromatic rings. The number of amides is 1. The molecule has 0 fully saturated rings. The van der Waals surface area contributed by atoms with Crippen molar-refractivity contribution in [3.8, 4) is 5.75 Å². The molecular formula is C11H14N2O5. The SMILES string of the molecule is CC(=O)Nc1cc([N+](=O)[O-])ccc1OCCCO. The minimum Gasteiger partial charge on any atom is -0.491 e. The Kier molecular flexibility index (Phi) is 5.06. The third-order valence-corrected chi connectivity index (χ3v) is 2.04. The smallest absolute Gasteiger partial charge is 0.271 e. The predicted molar refractivity (Wildman–Crippen MR) is 64.6 cm³/mol. The van der Waals surface area contributed by atoms with Crippen molar-refractivity contribution in [2.24, 2.45) is 0 Å². The molecule has 98 valence electrons. The minimum absolute atomic E-state index is 0.0115. The van der Waals surface area contributed by atoms with Crippen LogP contribution in [0.15, 0.2) is 18.2 Å². The average molecular weight is 254 g/mol. The van der Waals surface area contributed by atoms with Crippen LogP contribution in [0.25, 0.3) is 0 Å². The molecule has 0 aliphatic rings. The van der Waals surface area contributed by atoms with Gasteiger partial charge in [-0.15, -0.1) is 0 Å². The number of rotatable bonds is 6. The maximum absolute atomic E-state index is 11.0. The third-order valence-electron chi connectivity index (χ3n) is 2.04. The Morgan fingerprint density at radius 1 is 1.56 bits per heavy atom. The van der Waals surface area contributed by atoms with E-state index in [1.54, 1.807) is 0 Å². The molecule has 0 aliphatic heterocycles. The molecule has 0 aromatic heterocycles. The zero-order chi connectivity index (χ0) is 13.5. The second kappa shape index (κ2) is 6.55. The first-order valence-corrected chi connectivity index (χ1v) is 5.34. The number of hydrogen-bond acceptors (Lipinski definition) is 5. The Hall–Kier alpha value is -2.15. The van der Waals surface area contributed by atoms with E-state index >= 15 is 0 Å². The van der Waals surface area contributed by atoms with E-state index in [2.05, 4.69) is 5.32 Å². The van der Waals surface area contributed by atoms with Gasteiger partial charge in [0.05, 0.1) is 17.2 Å². The lowest BCUT2D eigenvalue weighted by Crippen LogP contribution is -2.09. The number of non-ortho nitro benzene ring substituents is 1. The Morgan fingerprint density at radius 2 is 2.28 bits per heavy atom. The van der Waals surface area contributed by atoms with Gasteiger partial charge < -0.3 is 15.2 Å². The average Bonchev–Trinajstić information content (AvgIpc) is 2.30. The molecule has 2 N–H and O–H groups in total. The largest absolute Gasteiger partial charge is 0.491 e. The fraction of sp³-hybridized carbons (Fsp3) is 0.364. The Labute approximate surface area is 104 Å². The molecule has 18 heavy (non-hydrogen) atoms. The topological polar surface area (TPSA) is 102 Å². The van der Waals surface area contributed by atoms with Crippen LogP contribution in [0.2, 0.25) is 0 Å². The number of benzene rings is 1. The van der Waals surface area contributed by atoms with Gasteiger partial charge >= 0.3 is 0 Å². The lowest BCUT2D eigenvalue weighted by Gasteiger charge is -2.11. The highest BCUT2D eigenvalue weighted by atomic mass is 16.6. The van der Waals surface area contributed by atoms with E-state index in [1.165, 1.54) is 25.1 Å². The van der Waals surface area contributed by atoms with Crippen molar-refractivity contribution in [1.82, 2.24) is 0 Å². The van der Waals surface area contributed by atoms with E-state index in [1.807, 2.05) is 0 Å². The molecular weight excluding hydrogens is 240 g/mol. The summed E-state index contributed by atoms with van der Waals surface area (Å²) in [6.07, 6.45) is 0.441. The highest BCUT2D eigenvalue weighted by Gasteiger charge is 2.12. The number of hydrogen-bond donors (Lipinski definition) is 2. The number of carbonyl (C=O) groups is 1. The van der Waals surface area contributed by atoms with Gasteiger partial charge in [0, 0.05) is 32.1 Å². The van der Waals surface area contributed by atoms with Gasteiger partial charge in [-0.2, -0.15) is 0 Å². The molecule has 7 nitrogen and oxygen atoms in total. The molecule has 7 heteroatoms. The highest BCUT2D eigenvalue weighted by molar-refractivity contribution is 5.90. The fourth-order valence-electron chi connectivity index (χ4n) is 1.29. The molecule has 1 rings (SSSR count). The van der Waals surface area contributed by atoms with E-state index < -0.39 is 4.92 Å². The van der Waals surface area contributed by atoms with Crippen molar-refractivity contribution in [2.45, 2.75) is 13.3 Å². The van der Waals surface area contributed by atoms with E-state index in [0.29, 0.717) is 12.2 Å². The van der Waals surface area contributed by atoms with Crippen LogP contribution in [-0.2, 0) is 4.79 Å². The summed E-state index contributed by atoms with van der Waals surface area (Å²) in [5.41, 5.74) is 0.114. The van der Waals surface area contributed by atoms with Crippen LogP contribution in [0.1, 0.15) is 13.3 Å². The van der Waals surface area contributed by atoms with Crippen molar-refractivity contribution in [3.05, 3.63) is 28.3 Å². The molecule has 1 aromatic carbocycles. The summed E-state index contributed by atoms with van der Waals surface area (Å²) in [5.74, 6) is -0.00763. The van der Waals surface area contributed by atoms with Crippen LogP contribution >= 0.6 is 0 Å². The van der Waals surface area contributed by atoms with E-state index in [4.69, 9.17) is 9.84 Å². The normalized spacial score (nSPS) is 9.89. The summed E-state index contributed by atoms with van der Waals surface area (Å²) in [6.45, 7) is 1.56. The number of nitro benzene ring substituents is 1. The van der Waals surface area contributed by atoms with Crippen molar-refractivity contribution in [3.63, 3.8) is 0 Å². The summed E-state index contributed by atoms with van der Waals surface area (Å²) >= 11 is 0. The zero-order valence-electron chi connectivity index (χ0n) is 9.88. The minimum atomic E-state index is -0.553. The number of ether oxygens (including phenoxy) is 1. The van der Waals surface area contributed by atoms with Crippen LogP contribution in [0, 0.1) is 10.1 Å². The standard InChI is InChI=1S/C11H14N2O5/c1-8(15)12-10-7-9(13(16)17)3-4-11(10)18-6-2-5-14/h3-4,7,14H,2,5-6H2,1H3,(H,12,15). The molecule has 0 unspecified atom stereocenters. The first kappa shape index (κ1) is 13.9. The van der Waals surface area contributed by atoms with Gasteiger partial charge in [0.25, 0.3) is 5.69 Å². The number of aliphatic hydroxyl groups excluding tert-OH is 1. The van der Waals surface area contributed by atoms with E-state index in [9.17, 15) is 14.9 Å². The number of nitro groups is 1. The lowest BCUT2D eigenvalue weighted by atomic mass is 10.2. The van der Waals surface area contributed by atoms with Crippen molar-refractivity contribution < 1.29 is 19.6 Å². The quantitative estimate of drug-likeness (QED) is 0.452. The number of nitrogens with one attached hydrogen (secondary N) is 1. The second-order valence-corrected chi connectivity index (χ2v) is 3.54. The lowest BCUT2D eigenvalue weighted by molar-refractivity contribution is -0.384. The van der Waals surface area contributed by atoms with Crippen molar-refractivity contribution in [2.75, 3.05) is 18.5 Å². The summed E-state index contributed by atoms with van der Waals surface area (Å²) in [7, 11) is 0. The maximum Gasteiger partial charge on any atom is 0.271 e. The molecule has 0 spiro atoms. The molecule has 0 saturated carbocycles. The summed E-state index contributed by atoms with van der Waals surface area (Å²) in [6, 6.07) is 3.94. The first-order valence-electron chi connectivity index (χ1n) is 5.34. The summed E-state index contributed by atoms with van der Waals surface area (Å²) in [5, 5.41) is 21.7. The molecule has 0 heterocycles. The number of aliphatic hydroxyl groups is 1. The van der Waals surface area contributed by atoms with E-state index in [-0.39, 0.29) is 30.5 Å². The van der Waals surface area contributed by atoms with Crippen LogP contribution in [0.3, 0.4) is 0 Å². The number of nitrogens with zero attached hydrogens (tertiary/aromatic N) is 1. The molecule has 0 aliphatic carbocycles. The Bertz CT molecular complexity index is 447. The van der Waals surface area contributed by atoms with Gasteiger partial charge in [0.15, 0.2) is 0 Å². The summed E-state index contributed by atoms with van der Waals surface area (Å²) in [4.78, 5) is 21.1. The Morgan fingerprint density at radius 3 is 2.83 bits per heavy atom. The predicted octanol–water partition coefficient (Wildman–Crippen LogP) is 1.31. The molecule has 0 atom stereocenters. The Balaban J connectivity index is 2.93. The van der Waals surface area contributed by atoms with Crippen LogP contribution in [0.5, 0.6) is 5.75 Å². The number of carbonyl (C=O) groups excluding carboxylic acids is 1. The molecule has 0 bridgehead atoms.